The van der Waals surface area contributed by atoms with Crippen LogP contribution in [-0.4, -0.2) is 24.4 Å². The van der Waals surface area contributed by atoms with Gasteiger partial charge in [-0.15, -0.1) is 0 Å². The van der Waals surface area contributed by atoms with Crippen LogP contribution in [0.4, 0.5) is 0 Å². The van der Waals surface area contributed by atoms with Crippen molar-refractivity contribution in [2.45, 2.75) is 66.4 Å². The Hall–Kier alpha value is -0.340. The van der Waals surface area contributed by atoms with E-state index in [1.54, 1.807) is 0 Å². The number of allylic oxidation sites excluding steroid dienone is 2. The van der Waals surface area contributed by atoms with Crippen LogP contribution in [0.15, 0.2) is 11.6 Å². The summed E-state index contributed by atoms with van der Waals surface area (Å²) in [6.45, 7) is 12.0. The summed E-state index contributed by atoms with van der Waals surface area (Å²) in [7, 11) is 0. The van der Waals surface area contributed by atoms with Crippen LogP contribution in [-0.2, 0) is 4.74 Å². The minimum Gasteiger partial charge on any atom is -0.396 e. The first-order chi connectivity index (χ1) is 8.51. The average Bonchev–Trinajstić information content (AvgIpc) is 2.32. The lowest BCUT2D eigenvalue weighted by Crippen LogP contribution is -2.14. The molecule has 0 rings (SSSR count). The Labute approximate surface area is 113 Å². The minimum atomic E-state index is 0.280. The maximum absolute atomic E-state index is 9.12. The highest BCUT2D eigenvalue weighted by Gasteiger charge is 2.14. The van der Waals surface area contributed by atoms with Crippen LogP contribution >= 0.6 is 0 Å². The van der Waals surface area contributed by atoms with Gasteiger partial charge in [0.1, 0.15) is 0 Å². The lowest BCUT2D eigenvalue weighted by molar-refractivity contribution is 0.0581. The van der Waals surface area contributed by atoms with E-state index in [0.29, 0.717) is 17.9 Å². The summed E-state index contributed by atoms with van der Waals surface area (Å²) >= 11 is 0. The molecule has 108 valence electrons. The standard InChI is InChI=1S/C16H32O2/c1-6-15(5)18-11-7-8-14(4)16(9-10-17)12-13(2)3/h12,14-17H,6-11H2,1-5H3. The van der Waals surface area contributed by atoms with Crippen LogP contribution in [0.2, 0.25) is 0 Å². The van der Waals surface area contributed by atoms with Gasteiger partial charge in [-0.05, 0) is 58.3 Å². The molecule has 0 saturated heterocycles. The average molecular weight is 256 g/mol. The Kier molecular flexibility index (Phi) is 10.4. The van der Waals surface area contributed by atoms with Crippen LogP contribution in [0.1, 0.15) is 60.3 Å². The predicted molar refractivity (Wildman–Crippen MR) is 78.7 cm³/mol. The third kappa shape index (κ3) is 8.71. The van der Waals surface area contributed by atoms with Crippen molar-refractivity contribution >= 4 is 0 Å². The van der Waals surface area contributed by atoms with Gasteiger partial charge in [-0.25, -0.2) is 0 Å². The van der Waals surface area contributed by atoms with Crippen LogP contribution in [0.3, 0.4) is 0 Å². The highest BCUT2D eigenvalue weighted by Crippen LogP contribution is 2.23. The van der Waals surface area contributed by atoms with Crippen molar-refractivity contribution in [2.75, 3.05) is 13.2 Å². The molecular weight excluding hydrogens is 224 g/mol. The van der Waals surface area contributed by atoms with Gasteiger partial charge in [0.05, 0.1) is 6.10 Å². The number of hydrogen-bond acceptors (Lipinski definition) is 2. The second-order valence-electron chi connectivity index (χ2n) is 5.63. The van der Waals surface area contributed by atoms with Crippen molar-refractivity contribution in [3.05, 3.63) is 11.6 Å². The molecule has 2 heteroatoms. The first kappa shape index (κ1) is 17.7. The van der Waals surface area contributed by atoms with Gasteiger partial charge in [0, 0.05) is 13.2 Å². The van der Waals surface area contributed by atoms with Gasteiger partial charge in [-0.1, -0.05) is 25.5 Å². The van der Waals surface area contributed by atoms with E-state index in [0.717, 1.165) is 25.9 Å². The van der Waals surface area contributed by atoms with Crippen LogP contribution in [0, 0.1) is 11.8 Å². The van der Waals surface area contributed by atoms with E-state index in [-0.39, 0.29) is 6.61 Å². The molecule has 1 N–H and O–H groups in total. The van der Waals surface area contributed by atoms with E-state index in [9.17, 15) is 0 Å². The summed E-state index contributed by atoms with van der Waals surface area (Å²) in [6, 6.07) is 0. The van der Waals surface area contributed by atoms with E-state index in [2.05, 4.69) is 40.7 Å². The lowest BCUT2D eigenvalue weighted by atomic mass is 9.86. The number of aliphatic hydroxyl groups is 1. The molecule has 18 heavy (non-hydrogen) atoms. The highest BCUT2D eigenvalue weighted by atomic mass is 16.5. The Morgan fingerprint density at radius 2 is 1.89 bits per heavy atom. The third-order valence-corrected chi connectivity index (χ3v) is 3.52. The summed E-state index contributed by atoms with van der Waals surface area (Å²) in [5, 5.41) is 9.12. The molecule has 3 unspecified atom stereocenters. The molecule has 0 saturated carbocycles. The fourth-order valence-electron chi connectivity index (χ4n) is 2.13. The predicted octanol–water partition coefficient (Wildman–Crippen LogP) is 4.18. The Bertz CT molecular complexity index is 219. The molecule has 0 aliphatic carbocycles. The molecule has 0 amide bonds. The van der Waals surface area contributed by atoms with Gasteiger partial charge in [0.2, 0.25) is 0 Å². The molecule has 0 aliphatic rings. The van der Waals surface area contributed by atoms with Gasteiger partial charge in [0.25, 0.3) is 0 Å². The summed E-state index contributed by atoms with van der Waals surface area (Å²) in [5.41, 5.74) is 1.34. The van der Waals surface area contributed by atoms with Crippen molar-refractivity contribution in [3.8, 4) is 0 Å². The second-order valence-corrected chi connectivity index (χ2v) is 5.63. The smallest absolute Gasteiger partial charge is 0.0544 e. The fraction of sp³-hybridized carbons (Fsp3) is 0.875. The summed E-state index contributed by atoms with van der Waals surface area (Å²) in [6.07, 6.45) is 6.93. The van der Waals surface area contributed by atoms with Gasteiger partial charge in [0.15, 0.2) is 0 Å². The number of ether oxygens (including phenoxy) is 1. The molecule has 0 aromatic rings. The quantitative estimate of drug-likeness (QED) is 0.469. The molecule has 0 heterocycles. The zero-order chi connectivity index (χ0) is 14.0. The van der Waals surface area contributed by atoms with E-state index in [1.165, 1.54) is 12.0 Å². The van der Waals surface area contributed by atoms with E-state index < -0.39 is 0 Å². The molecule has 0 radical (unpaired) electrons. The van der Waals surface area contributed by atoms with E-state index in [4.69, 9.17) is 9.84 Å². The van der Waals surface area contributed by atoms with Crippen molar-refractivity contribution in [2.24, 2.45) is 11.8 Å². The molecule has 2 nitrogen and oxygen atoms in total. The Balaban J connectivity index is 3.95. The Morgan fingerprint density at radius 1 is 1.22 bits per heavy atom. The van der Waals surface area contributed by atoms with Crippen LogP contribution < -0.4 is 0 Å². The van der Waals surface area contributed by atoms with Gasteiger partial charge in [-0.2, -0.15) is 0 Å². The molecule has 0 aromatic heterocycles. The largest absolute Gasteiger partial charge is 0.396 e. The van der Waals surface area contributed by atoms with Crippen molar-refractivity contribution in [3.63, 3.8) is 0 Å². The van der Waals surface area contributed by atoms with Crippen molar-refractivity contribution in [1.29, 1.82) is 0 Å². The number of aliphatic hydroxyl groups excluding tert-OH is 1. The first-order valence-corrected chi connectivity index (χ1v) is 7.38. The second kappa shape index (κ2) is 10.6. The van der Waals surface area contributed by atoms with Gasteiger partial charge < -0.3 is 9.84 Å². The lowest BCUT2D eigenvalue weighted by Gasteiger charge is -2.21. The van der Waals surface area contributed by atoms with Gasteiger partial charge >= 0.3 is 0 Å². The Morgan fingerprint density at radius 3 is 2.39 bits per heavy atom. The molecule has 0 fully saturated rings. The molecule has 0 spiro atoms. The minimum absolute atomic E-state index is 0.280. The van der Waals surface area contributed by atoms with Gasteiger partial charge in [-0.3, -0.25) is 0 Å². The molecule has 0 aliphatic heterocycles. The summed E-state index contributed by atoms with van der Waals surface area (Å²) < 4.78 is 5.70. The maximum atomic E-state index is 9.12. The monoisotopic (exact) mass is 256 g/mol. The van der Waals surface area contributed by atoms with Crippen molar-refractivity contribution in [1.82, 2.24) is 0 Å². The molecule has 3 atom stereocenters. The molecular formula is C16H32O2. The molecule has 0 bridgehead atoms. The zero-order valence-corrected chi connectivity index (χ0v) is 12.9. The maximum Gasteiger partial charge on any atom is 0.0544 e. The van der Waals surface area contributed by atoms with Crippen LogP contribution in [0.5, 0.6) is 0 Å². The highest BCUT2D eigenvalue weighted by molar-refractivity contribution is 4.98. The zero-order valence-electron chi connectivity index (χ0n) is 12.9. The van der Waals surface area contributed by atoms with E-state index in [1.807, 2.05) is 0 Å². The van der Waals surface area contributed by atoms with Crippen molar-refractivity contribution < 1.29 is 9.84 Å². The topological polar surface area (TPSA) is 29.5 Å². The van der Waals surface area contributed by atoms with E-state index >= 15 is 0 Å². The number of hydrogen-bond donors (Lipinski definition) is 1. The SMILES string of the molecule is CCC(C)OCCCC(C)C(C=C(C)C)CCO. The van der Waals surface area contributed by atoms with Crippen LogP contribution in [0.25, 0.3) is 0 Å². The fourth-order valence-corrected chi connectivity index (χ4v) is 2.13. The molecule has 0 aromatic carbocycles. The summed E-state index contributed by atoms with van der Waals surface area (Å²) in [5.74, 6) is 1.12. The first-order valence-electron chi connectivity index (χ1n) is 7.38. The normalized spacial score (nSPS) is 16.1. The third-order valence-electron chi connectivity index (χ3n) is 3.52. The number of rotatable bonds is 10. The summed E-state index contributed by atoms with van der Waals surface area (Å²) in [4.78, 5) is 0.